The van der Waals surface area contributed by atoms with Crippen molar-refractivity contribution in [1.82, 2.24) is 5.32 Å². The lowest BCUT2D eigenvalue weighted by Gasteiger charge is -2.02. The molecule has 0 bridgehead atoms. The molecule has 2 N–H and O–H groups in total. The standard InChI is InChI=1S/C14H18N2O2/c15-12-14-5-3-13(4-6-14)2-1-7-16-8-10-18-11-9-17/h1-6,16-17H,7-11H2/b2-1+. The molecule has 0 aromatic heterocycles. The highest BCUT2D eigenvalue weighted by Crippen LogP contribution is 2.04. The third-order valence-corrected chi connectivity index (χ3v) is 2.27. The Hall–Kier alpha value is -1.67. The zero-order valence-corrected chi connectivity index (χ0v) is 10.3. The number of nitriles is 1. The molecule has 0 aliphatic carbocycles. The Balaban J connectivity index is 2.14. The Morgan fingerprint density at radius 1 is 1.28 bits per heavy atom. The van der Waals surface area contributed by atoms with Crippen LogP contribution in [-0.4, -0.2) is 38.0 Å². The first kappa shape index (κ1) is 14.4. The molecule has 0 spiro atoms. The summed E-state index contributed by atoms with van der Waals surface area (Å²) in [6, 6.07) is 9.52. The Bertz CT molecular complexity index is 393. The number of hydrogen-bond acceptors (Lipinski definition) is 4. The van der Waals surface area contributed by atoms with Crippen LogP contribution in [0.3, 0.4) is 0 Å². The van der Waals surface area contributed by atoms with Crippen molar-refractivity contribution in [2.45, 2.75) is 0 Å². The van der Waals surface area contributed by atoms with E-state index in [0.29, 0.717) is 18.8 Å². The molecule has 0 saturated heterocycles. The summed E-state index contributed by atoms with van der Waals surface area (Å²) in [6.45, 7) is 2.59. The van der Waals surface area contributed by atoms with Crippen molar-refractivity contribution < 1.29 is 9.84 Å². The first-order chi connectivity index (χ1) is 8.86. The molecule has 18 heavy (non-hydrogen) atoms. The summed E-state index contributed by atoms with van der Waals surface area (Å²) in [5.74, 6) is 0. The highest BCUT2D eigenvalue weighted by molar-refractivity contribution is 5.50. The minimum Gasteiger partial charge on any atom is -0.394 e. The number of aliphatic hydroxyl groups is 1. The highest BCUT2D eigenvalue weighted by atomic mass is 16.5. The molecule has 0 amide bonds. The third-order valence-electron chi connectivity index (χ3n) is 2.27. The smallest absolute Gasteiger partial charge is 0.0991 e. The quantitative estimate of drug-likeness (QED) is 0.676. The fraction of sp³-hybridized carbons (Fsp3) is 0.357. The minimum atomic E-state index is 0.0681. The summed E-state index contributed by atoms with van der Waals surface area (Å²) in [4.78, 5) is 0. The molecule has 0 aliphatic rings. The zero-order chi connectivity index (χ0) is 13.1. The lowest BCUT2D eigenvalue weighted by molar-refractivity contribution is 0.0943. The van der Waals surface area contributed by atoms with Gasteiger partial charge in [-0.1, -0.05) is 24.3 Å². The normalized spacial score (nSPS) is 10.7. The van der Waals surface area contributed by atoms with E-state index in [1.54, 1.807) is 12.1 Å². The van der Waals surface area contributed by atoms with Crippen molar-refractivity contribution in [2.75, 3.05) is 32.9 Å². The molecule has 0 atom stereocenters. The molecular formula is C14H18N2O2. The SMILES string of the molecule is N#Cc1ccc(/C=C/CNCCOCCO)cc1. The fourth-order valence-electron chi connectivity index (χ4n) is 1.36. The predicted octanol–water partition coefficient (Wildman–Crippen LogP) is 1.17. The van der Waals surface area contributed by atoms with E-state index in [1.165, 1.54) is 0 Å². The van der Waals surface area contributed by atoms with E-state index >= 15 is 0 Å². The van der Waals surface area contributed by atoms with Gasteiger partial charge in [-0.2, -0.15) is 5.26 Å². The highest BCUT2D eigenvalue weighted by Gasteiger charge is 1.89. The Labute approximate surface area is 108 Å². The third kappa shape index (κ3) is 6.16. The van der Waals surface area contributed by atoms with Crippen LogP contribution in [0.5, 0.6) is 0 Å². The molecule has 1 aromatic rings. The maximum atomic E-state index is 8.66. The number of ether oxygens (including phenoxy) is 1. The van der Waals surface area contributed by atoms with E-state index in [9.17, 15) is 0 Å². The predicted molar refractivity (Wildman–Crippen MR) is 71.0 cm³/mol. The van der Waals surface area contributed by atoms with Gasteiger partial charge in [0.15, 0.2) is 0 Å². The lowest BCUT2D eigenvalue weighted by atomic mass is 10.1. The van der Waals surface area contributed by atoms with E-state index in [1.807, 2.05) is 24.3 Å². The second-order valence-electron chi connectivity index (χ2n) is 3.68. The van der Waals surface area contributed by atoms with Crippen LogP contribution in [0.1, 0.15) is 11.1 Å². The van der Waals surface area contributed by atoms with Gasteiger partial charge in [-0.15, -0.1) is 0 Å². The van der Waals surface area contributed by atoms with Crippen LogP contribution in [-0.2, 0) is 4.74 Å². The first-order valence-corrected chi connectivity index (χ1v) is 5.93. The van der Waals surface area contributed by atoms with Gasteiger partial charge in [0, 0.05) is 13.1 Å². The van der Waals surface area contributed by atoms with Crippen LogP contribution in [0.25, 0.3) is 6.08 Å². The van der Waals surface area contributed by atoms with Gasteiger partial charge in [0.1, 0.15) is 0 Å². The molecule has 1 aromatic carbocycles. The Morgan fingerprint density at radius 3 is 2.72 bits per heavy atom. The molecule has 1 rings (SSSR count). The summed E-state index contributed by atoms with van der Waals surface area (Å²) in [7, 11) is 0. The maximum absolute atomic E-state index is 8.66. The average molecular weight is 246 g/mol. The van der Waals surface area contributed by atoms with Gasteiger partial charge >= 0.3 is 0 Å². The molecule has 0 fully saturated rings. The monoisotopic (exact) mass is 246 g/mol. The number of aliphatic hydroxyl groups excluding tert-OH is 1. The molecule has 4 heteroatoms. The van der Waals surface area contributed by atoms with Crippen molar-refractivity contribution in [3.05, 3.63) is 41.5 Å². The molecule has 0 aliphatic heterocycles. The molecule has 96 valence electrons. The van der Waals surface area contributed by atoms with Gasteiger partial charge in [0.2, 0.25) is 0 Å². The van der Waals surface area contributed by atoms with Gasteiger partial charge in [-0.25, -0.2) is 0 Å². The molecule has 4 nitrogen and oxygen atoms in total. The minimum absolute atomic E-state index is 0.0681. The van der Waals surface area contributed by atoms with E-state index in [-0.39, 0.29) is 6.61 Å². The van der Waals surface area contributed by atoms with Crippen molar-refractivity contribution in [3.63, 3.8) is 0 Å². The van der Waals surface area contributed by atoms with Gasteiger partial charge in [-0.05, 0) is 17.7 Å². The van der Waals surface area contributed by atoms with Gasteiger partial charge in [-0.3, -0.25) is 0 Å². The molecular weight excluding hydrogens is 228 g/mol. The van der Waals surface area contributed by atoms with Crippen molar-refractivity contribution in [2.24, 2.45) is 0 Å². The maximum Gasteiger partial charge on any atom is 0.0991 e. The molecule has 0 saturated carbocycles. The van der Waals surface area contributed by atoms with Crippen LogP contribution in [0.15, 0.2) is 30.3 Å². The number of benzene rings is 1. The summed E-state index contributed by atoms with van der Waals surface area (Å²) >= 11 is 0. The number of nitrogens with zero attached hydrogens (tertiary/aromatic N) is 1. The Morgan fingerprint density at radius 2 is 2.06 bits per heavy atom. The average Bonchev–Trinajstić information content (AvgIpc) is 2.42. The fourth-order valence-corrected chi connectivity index (χ4v) is 1.36. The first-order valence-electron chi connectivity index (χ1n) is 5.93. The van der Waals surface area contributed by atoms with Crippen molar-refractivity contribution in [1.29, 1.82) is 5.26 Å². The largest absolute Gasteiger partial charge is 0.394 e. The Kier molecular flexibility index (Phi) is 7.49. The van der Waals surface area contributed by atoms with Crippen LogP contribution < -0.4 is 5.32 Å². The van der Waals surface area contributed by atoms with Crippen LogP contribution >= 0.6 is 0 Å². The van der Waals surface area contributed by atoms with E-state index in [0.717, 1.165) is 18.7 Å². The molecule has 0 unspecified atom stereocenters. The van der Waals surface area contributed by atoms with Crippen LogP contribution in [0.2, 0.25) is 0 Å². The number of rotatable bonds is 8. The topological polar surface area (TPSA) is 65.3 Å². The molecule has 0 radical (unpaired) electrons. The van der Waals surface area contributed by atoms with Crippen molar-refractivity contribution >= 4 is 6.08 Å². The second kappa shape index (κ2) is 9.37. The van der Waals surface area contributed by atoms with Gasteiger partial charge < -0.3 is 15.2 Å². The lowest BCUT2D eigenvalue weighted by Crippen LogP contribution is -2.20. The van der Waals surface area contributed by atoms with Crippen LogP contribution in [0.4, 0.5) is 0 Å². The van der Waals surface area contributed by atoms with Gasteiger partial charge in [0.05, 0.1) is 31.5 Å². The zero-order valence-electron chi connectivity index (χ0n) is 10.3. The number of hydrogen-bond donors (Lipinski definition) is 2. The van der Waals surface area contributed by atoms with E-state index < -0.39 is 0 Å². The van der Waals surface area contributed by atoms with Crippen molar-refractivity contribution in [3.8, 4) is 6.07 Å². The summed E-state index contributed by atoms with van der Waals surface area (Å²) in [6.07, 6.45) is 4.02. The summed E-state index contributed by atoms with van der Waals surface area (Å²) in [5, 5.41) is 20.3. The summed E-state index contributed by atoms with van der Waals surface area (Å²) < 4.78 is 5.11. The van der Waals surface area contributed by atoms with E-state index in [2.05, 4.69) is 11.4 Å². The number of nitrogens with one attached hydrogen (secondary N) is 1. The molecule has 0 heterocycles. The van der Waals surface area contributed by atoms with Crippen LogP contribution in [0, 0.1) is 11.3 Å². The van der Waals surface area contributed by atoms with Gasteiger partial charge in [0.25, 0.3) is 0 Å². The second-order valence-corrected chi connectivity index (χ2v) is 3.68. The summed E-state index contributed by atoms with van der Waals surface area (Å²) in [5.41, 5.74) is 1.75. The van der Waals surface area contributed by atoms with E-state index in [4.69, 9.17) is 15.1 Å².